The number of carbonyl (C=O) groups is 2. The highest BCUT2D eigenvalue weighted by Crippen LogP contribution is 2.20. The van der Waals surface area contributed by atoms with E-state index in [9.17, 15) is 9.59 Å². The summed E-state index contributed by atoms with van der Waals surface area (Å²) >= 11 is 0. The number of hydrogen-bond donors (Lipinski definition) is 0. The van der Waals surface area contributed by atoms with E-state index in [4.69, 9.17) is 0 Å². The van der Waals surface area contributed by atoms with E-state index in [1.807, 2.05) is 0 Å². The van der Waals surface area contributed by atoms with Gasteiger partial charge in [0.25, 0.3) is 0 Å². The van der Waals surface area contributed by atoms with E-state index in [-0.39, 0.29) is 30.9 Å². The van der Waals surface area contributed by atoms with Gasteiger partial charge in [0, 0.05) is 12.6 Å². The maximum absolute atomic E-state index is 12.2. The van der Waals surface area contributed by atoms with Crippen LogP contribution in [0, 0.1) is 0 Å². The van der Waals surface area contributed by atoms with Crippen LogP contribution in [0.1, 0.15) is 25.7 Å². The van der Waals surface area contributed by atoms with Crippen LogP contribution in [0.3, 0.4) is 0 Å². The fourth-order valence-corrected chi connectivity index (χ4v) is 2.36. The molecular formula is C12H18N4O3. The molecule has 1 aromatic rings. The fraction of sp³-hybridized carbons (Fsp3) is 0.667. The van der Waals surface area contributed by atoms with Crippen LogP contribution in [0.15, 0.2) is 12.7 Å². The predicted molar refractivity (Wildman–Crippen MR) is 66.0 cm³/mol. The number of rotatable bonds is 4. The summed E-state index contributed by atoms with van der Waals surface area (Å²) in [5.74, 6) is -0.301. The normalized spacial score (nSPS) is 19.2. The summed E-state index contributed by atoms with van der Waals surface area (Å²) in [6.07, 6.45) is 6.03. The van der Waals surface area contributed by atoms with Gasteiger partial charge in [-0.15, -0.1) is 0 Å². The third-order valence-corrected chi connectivity index (χ3v) is 3.34. The third kappa shape index (κ3) is 3.52. The van der Waals surface area contributed by atoms with Gasteiger partial charge in [0.15, 0.2) is 0 Å². The number of esters is 1. The number of ether oxygens (including phenoxy) is 1. The molecule has 1 saturated heterocycles. The maximum atomic E-state index is 12.2. The Morgan fingerprint density at radius 2 is 2.26 bits per heavy atom. The number of likely N-dealkylation sites (tertiary alicyclic amines) is 1. The number of piperidine rings is 1. The van der Waals surface area contributed by atoms with Crippen molar-refractivity contribution in [2.24, 2.45) is 0 Å². The minimum atomic E-state index is -0.273. The number of carbonyl (C=O) groups excluding carboxylic acids is 2. The smallest absolute Gasteiger partial charge is 0.307 e. The third-order valence-electron chi connectivity index (χ3n) is 3.34. The Morgan fingerprint density at radius 3 is 2.95 bits per heavy atom. The zero-order chi connectivity index (χ0) is 13.7. The van der Waals surface area contributed by atoms with E-state index in [1.54, 1.807) is 4.90 Å². The van der Waals surface area contributed by atoms with Gasteiger partial charge < -0.3 is 9.64 Å². The quantitative estimate of drug-likeness (QED) is 0.729. The minimum absolute atomic E-state index is 0.0286. The number of hydrogen-bond acceptors (Lipinski definition) is 5. The van der Waals surface area contributed by atoms with Gasteiger partial charge in [0.05, 0.1) is 13.5 Å². The molecule has 0 saturated carbocycles. The second kappa shape index (κ2) is 6.31. The van der Waals surface area contributed by atoms with E-state index < -0.39 is 0 Å². The van der Waals surface area contributed by atoms with Gasteiger partial charge in [-0.05, 0) is 19.3 Å². The largest absolute Gasteiger partial charge is 0.469 e. The first kappa shape index (κ1) is 13.5. The van der Waals surface area contributed by atoms with Gasteiger partial charge in [-0.2, -0.15) is 5.10 Å². The van der Waals surface area contributed by atoms with Crippen molar-refractivity contribution >= 4 is 11.9 Å². The topological polar surface area (TPSA) is 77.3 Å². The Balaban J connectivity index is 1.98. The zero-order valence-electron chi connectivity index (χ0n) is 11.0. The van der Waals surface area contributed by atoms with E-state index in [0.717, 1.165) is 19.3 Å². The van der Waals surface area contributed by atoms with Crippen molar-refractivity contribution in [2.45, 2.75) is 38.3 Å². The molecule has 0 N–H and O–H groups in total. The summed E-state index contributed by atoms with van der Waals surface area (Å²) < 4.78 is 6.17. The van der Waals surface area contributed by atoms with E-state index in [2.05, 4.69) is 14.8 Å². The Kier molecular flexibility index (Phi) is 4.48. The molecule has 0 spiro atoms. The van der Waals surface area contributed by atoms with Crippen molar-refractivity contribution < 1.29 is 14.3 Å². The molecule has 1 aromatic heterocycles. The highest BCUT2D eigenvalue weighted by Gasteiger charge is 2.28. The molecule has 0 radical (unpaired) electrons. The second-order valence-electron chi connectivity index (χ2n) is 4.61. The molecule has 19 heavy (non-hydrogen) atoms. The highest BCUT2D eigenvalue weighted by atomic mass is 16.5. The summed E-state index contributed by atoms with van der Waals surface area (Å²) in [7, 11) is 1.37. The molecule has 1 fully saturated rings. The highest BCUT2D eigenvalue weighted by molar-refractivity contribution is 5.77. The maximum Gasteiger partial charge on any atom is 0.307 e. The van der Waals surface area contributed by atoms with Crippen LogP contribution >= 0.6 is 0 Å². The summed E-state index contributed by atoms with van der Waals surface area (Å²) in [5.41, 5.74) is 0. The van der Waals surface area contributed by atoms with Gasteiger partial charge in [-0.25, -0.2) is 9.67 Å². The number of methoxy groups -OCH3 is 1. The summed E-state index contributed by atoms with van der Waals surface area (Å²) in [6, 6.07) is -0.0581. The van der Waals surface area contributed by atoms with Crippen molar-refractivity contribution in [1.29, 1.82) is 0 Å². The van der Waals surface area contributed by atoms with Gasteiger partial charge in [0.2, 0.25) is 5.91 Å². The van der Waals surface area contributed by atoms with E-state index in [0.29, 0.717) is 6.54 Å². The Morgan fingerprint density at radius 1 is 1.42 bits per heavy atom. The van der Waals surface area contributed by atoms with Crippen molar-refractivity contribution in [2.75, 3.05) is 13.7 Å². The second-order valence-corrected chi connectivity index (χ2v) is 4.61. The average Bonchev–Trinajstić information content (AvgIpc) is 2.92. The number of nitrogens with zero attached hydrogens (tertiary/aromatic N) is 4. The molecule has 7 heteroatoms. The van der Waals surface area contributed by atoms with Gasteiger partial charge >= 0.3 is 5.97 Å². The minimum Gasteiger partial charge on any atom is -0.469 e. The average molecular weight is 266 g/mol. The lowest BCUT2D eigenvalue weighted by molar-refractivity contribution is -0.144. The Bertz CT molecular complexity index is 432. The molecule has 7 nitrogen and oxygen atoms in total. The zero-order valence-corrected chi connectivity index (χ0v) is 11.0. The van der Waals surface area contributed by atoms with Crippen LogP contribution in [0.2, 0.25) is 0 Å². The fourth-order valence-electron chi connectivity index (χ4n) is 2.36. The standard InChI is InChI=1S/C12H18N4O3/c1-19-12(18)6-10-4-2-3-5-16(10)11(17)7-15-9-13-8-14-15/h8-10H,2-7H2,1H3. The monoisotopic (exact) mass is 266 g/mol. The first-order chi connectivity index (χ1) is 9.20. The van der Waals surface area contributed by atoms with Crippen molar-refractivity contribution in [1.82, 2.24) is 19.7 Å². The molecule has 2 heterocycles. The van der Waals surface area contributed by atoms with Gasteiger partial charge in [-0.1, -0.05) is 0 Å². The molecule has 0 aliphatic carbocycles. The first-order valence-corrected chi connectivity index (χ1v) is 6.39. The van der Waals surface area contributed by atoms with Crippen LogP contribution in [0.5, 0.6) is 0 Å². The molecule has 1 unspecified atom stereocenters. The lowest BCUT2D eigenvalue weighted by atomic mass is 9.99. The summed E-state index contributed by atoms with van der Waals surface area (Å²) in [5, 5.41) is 3.92. The molecule has 1 atom stereocenters. The van der Waals surface area contributed by atoms with E-state index >= 15 is 0 Å². The lowest BCUT2D eigenvalue weighted by Gasteiger charge is -2.35. The summed E-state index contributed by atoms with van der Waals surface area (Å²) in [4.78, 5) is 29.2. The SMILES string of the molecule is COC(=O)CC1CCCCN1C(=O)Cn1cncn1. The van der Waals surface area contributed by atoms with Crippen molar-refractivity contribution in [3.8, 4) is 0 Å². The van der Waals surface area contributed by atoms with Crippen molar-refractivity contribution in [3.63, 3.8) is 0 Å². The first-order valence-electron chi connectivity index (χ1n) is 6.39. The molecule has 1 amide bonds. The van der Waals surface area contributed by atoms with Crippen molar-refractivity contribution in [3.05, 3.63) is 12.7 Å². The van der Waals surface area contributed by atoms with Crippen LogP contribution in [0.25, 0.3) is 0 Å². The molecule has 1 aliphatic rings. The number of amides is 1. The Labute approximate surface area is 111 Å². The van der Waals surface area contributed by atoms with Gasteiger partial charge in [0.1, 0.15) is 19.2 Å². The molecule has 0 bridgehead atoms. The molecule has 1 aliphatic heterocycles. The Hall–Kier alpha value is -1.92. The molecule has 0 aromatic carbocycles. The van der Waals surface area contributed by atoms with Crippen LogP contribution in [0.4, 0.5) is 0 Å². The van der Waals surface area contributed by atoms with Gasteiger partial charge in [-0.3, -0.25) is 9.59 Å². The van der Waals surface area contributed by atoms with Crippen LogP contribution in [-0.4, -0.2) is 51.2 Å². The van der Waals surface area contributed by atoms with Crippen LogP contribution in [-0.2, 0) is 20.9 Å². The summed E-state index contributed by atoms with van der Waals surface area (Å²) in [6.45, 7) is 0.854. The molecular weight excluding hydrogens is 248 g/mol. The lowest BCUT2D eigenvalue weighted by Crippen LogP contribution is -2.46. The number of aromatic nitrogens is 3. The van der Waals surface area contributed by atoms with Crippen LogP contribution < -0.4 is 0 Å². The van der Waals surface area contributed by atoms with E-state index in [1.165, 1.54) is 24.4 Å². The molecule has 104 valence electrons. The molecule has 2 rings (SSSR count). The predicted octanol–water partition coefficient (Wildman–Crippen LogP) is 0.222.